The summed E-state index contributed by atoms with van der Waals surface area (Å²) in [6.45, 7) is 7.74. The fourth-order valence-electron chi connectivity index (χ4n) is 4.54. The molecule has 0 bridgehead atoms. The molecule has 41 heavy (non-hydrogen) atoms. The highest BCUT2D eigenvalue weighted by Gasteiger charge is 2.30. The molecule has 0 aromatic heterocycles. The summed E-state index contributed by atoms with van der Waals surface area (Å²) in [5.41, 5.74) is 2.72. The summed E-state index contributed by atoms with van der Waals surface area (Å²) < 4.78 is 11.5. The van der Waals surface area contributed by atoms with Gasteiger partial charge in [-0.25, -0.2) is 0 Å². The molecule has 1 atom stereocenters. The van der Waals surface area contributed by atoms with E-state index in [1.165, 1.54) is 0 Å². The monoisotopic (exact) mass is 598 g/mol. The van der Waals surface area contributed by atoms with Crippen LogP contribution in [0.2, 0.25) is 10.0 Å². The minimum atomic E-state index is -0.699. The van der Waals surface area contributed by atoms with Crippen molar-refractivity contribution >= 4 is 35.0 Å². The third-order valence-corrected chi connectivity index (χ3v) is 7.41. The van der Waals surface area contributed by atoms with E-state index in [1.54, 1.807) is 17.0 Å². The lowest BCUT2D eigenvalue weighted by atomic mass is 10.0. The largest absolute Gasteiger partial charge is 0.490 e. The minimum absolute atomic E-state index is 0.130. The third-order valence-electron chi connectivity index (χ3n) is 6.67. The van der Waals surface area contributed by atoms with Gasteiger partial charge in [0, 0.05) is 25.9 Å². The van der Waals surface area contributed by atoms with Crippen molar-refractivity contribution in [1.82, 2.24) is 10.2 Å². The third kappa shape index (κ3) is 9.98. The van der Waals surface area contributed by atoms with Crippen LogP contribution in [0.5, 0.6) is 11.5 Å². The molecule has 0 saturated carbocycles. The number of nitrogens with one attached hydrogen (secondary N) is 1. The summed E-state index contributed by atoms with van der Waals surface area (Å²) in [6, 6.07) is 20.1. The number of rotatable bonds is 16. The summed E-state index contributed by atoms with van der Waals surface area (Å²) in [6.07, 6.45) is 2.92. The smallest absolute Gasteiger partial charge is 0.243 e. The predicted molar refractivity (Wildman–Crippen MR) is 166 cm³/mol. The summed E-state index contributed by atoms with van der Waals surface area (Å²) in [5, 5.41) is 3.89. The molecule has 8 heteroatoms. The molecule has 6 nitrogen and oxygen atoms in total. The number of nitrogens with zero attached hydrogens (tertiary/aromatic N) is 1. The van der Waals surface area contributed by atoms with Gasteiger partial charge in [-0.1, -0.05) is 79.0 Å². The first kappa shape index (κ1) is 32.3. The predicted octanol–water partition coefficient (Wildman–Crippen LogP) is 7.28. The fraction of sp³-hybridized carbons (Fsp3) is 0.394. The van der Waals surface area contributed by atoms with E-state index in [0.717, 1.165) is 29.5 Å². The van der Waals surface area contributed by atoms with Crippen LogP contribution in [0.3, 0.4) is 0 Å². The number of amides is 2. The number of unbranched alkanes of at least 4 members (excludes halogenated alkanes) is 1. The van der Waals surface area contributed by atoms with Crippen LogP contribution in [-0.4, -0.2) is 42.5 Å². The average molecular weight is 600 g/mol. The van der Waals surface area contributed by atoms with Crippen LogP contribution in [0.15, 0.2) is 66.7 Å². The van der Waals surface area contributed by atoms with E-state index in [2.05, 4.69) is 12.2 Å². The lowest BCUT2D eigenvalue weighted by Crippen LogP contribution is -2.50. The molecule has 3 aromatic rings. The molecule has 1 N–H and O–H groups in total. The number of benzene rings is 3. The van der Waals surface area contributed by atoms with Crippen LogP contribution < -0.4 is 14.8 Å². The molecule has 0 radical (unpaired) electrons. The van der Waals surface area contributed by atoms with Crippen molar-refractivity contribution in [1.29, 1.82) is 0 Å². The second-order valence-corrected chi connectivity index (χ2v) is 10.6. The zero-order chi connectivity index (χ0) is 29.6. The number of hydrogen-bond acceptors (Lipinski definition) is 4. The van der Waals surface area contributed by atoms with E-state index < -0.39 is 6.04 Å². The summed E-state index contributed by atoms with van der Waals surface area (Å²) in [5.74, 6) is 1.03. The van der Waals surface area contributed by atoms with Gasteiger partial charge in [-0.05, 0) is 67.6 Å². The standard InChI is InChI=1S/C33H40Cl2N2O4/c1-4-7-19-36-33(39)29(21-24-11-9-8-10-12-24)37(23-26-13-16-27(34)28(35)20-26)32(38)18-15-25-14-17-30(40-5-2)31(22-25)41-6-3/h8-14,16-17,20,22,29H,4-7,15,18-19,21,23H2,1-3H3,(H,36,39). The van der Waals surface area contributed by atoms with Crippen molar-refractivity contribution in [3.05, 3.63) is 93.5 Å². The van der Waals surface area contributed by atoms with Crippen molar-refractivity contribution in [2.24, 2.45) is 0 Å². The second kappa shape index (κ2) is 16.9. The minimum Gasteiger partial charge on any atom is -0.490 e. The number of carbonyl (C=O) groups excluding carboxylic acids is 2. The number of carbonyl (C=O) groups is 2. The van der Waals surface area contributed by atoms with Gasteiger partial charge >= 0.3 is 0 Å². The topological polar surface area (TPSA) is 67.9 Å². The van der Waals surface area contributed by atoms with E-state index in [4.69, 9.17) is 32.7 Å². The molecule has 1 unspecified atom stereocenters. The quantitative estimate of drug-likeness (QED) is 0.176. The van der Waals surface area contributed by atoms with Crippen molar-refractivity contribution in [2.75, 3.05) is 19.8 Å². The molecule has 0 saturated heterocycles. The van der Waals surface area contributed by atoms with Gasteiger partial charge in [-0.15, -0.1) is 0 Å². The molecule has 0 heterocycles. The first-order chi connectivity index (χ1) is 19.9. The van der Waals surface area contributed by atoms with Crippen LogP contribution in [0.25, 0.3) is 0 Å². The molecular formula is C33H40Cl2N2O4. The van der Waals surface area contributed by atoms with Gasteiger partial charge in [0.25, 0.3) is 0 Å². The van der Waals surface area contributed by atoms with Gasteiger partial charge in [0.1, 0.15) is 6.04 Å². The van der Waals surface area contributed by atoms with Crippen LogP contribution in [0.1, 0.15) is 56.7 Å². The molecule has 0 fully saturated rings. The first-order valence-corrected chi connectivity index (χ1v) is 15.0. The first-order valence-electron chi connectivity index (χ1n) is 14.3. The molecule has 0 aliphatic carbocycles. The maximum Gasteiger partial charge on any atom is 0.243 e. The molecular weight excluding hydrogens is 559 g/mol. The van der Waals surface area contributed by atoms with Crippen LogP contribution in [0, 0.1) is 0 Å². The maximum atomic E-state index is 13.9. The normalized spacial score (nSPS) is 11.5. The zero-order valence-electron chi connectivity index (χ0n) is 24.1. The average Bonchev–Trinajstić information content (AvgIpc) is 2.97. The summed E-state index contributed by atoms with van der Waals surface area (Å²) >= 11 is 12.5. The Hall–Kier alpha value is -3.22. The van der Waals surface area contributed by atoms with Gasteiger partial charge in [0.15, 0.2) is 11.5 Å². The molecule has 3 aromatic carbocycles. The Bertz CT molecular complexity index is 1270. The van der Waals surface area contributed by atoms with Gasteiger partial charge in [0.05, 0.1) is 23.3 Å². The molecule has 2 amide bonds. The van der Waals surface area contributed by atoms with E-state index >= 15 is 0 Å². The Morgan fingerprint density at radius 2 is 1.54 bits per heavy atom. The Kier molecular flexibility index (Phi) is 13.3. The SMILES string of the molecule is CCCCNC(=O)C(Cc1ccccc1)N(Cc1ccc(Cl)c(Cl)c1)C(=O)CCc1ccc(OCC)c(OCC)c1. The molecule has 0 spiro atoms. The van der Waals surface area contributed by atoms with Crippen molar-refractivity contribution < 1.29 is 19.1 Å². The second-order valence-electron chi connectivity index (χ2n) is 9.77. The number of hydrogen-bond donors (Lipinski definition) is 1. The summed E-state index contributed by atoms with van der Waals surface area (Å²) in [4.78, 5) is 29.2. The van der Waals surface area contributed by atoms with Crippen molar-refractivity contribution in [3.8, 4) is 11.5 Å². The van der Waals surface area contributed by atoms with E-state index in [9.17, 15) is 9.59 Å². The van der Waals surface area contributed by atoms with Crippen LogP contribution in [0.4, 0.5) is 0 Å². The highest BCUT2D eigenvalue weighted by Crippen LogP contribution is 2.29. The van der Waals surface area contributed by atoms with Crippen LogP contribution >= 0.6 is 23.2 Å². The number of halogens is 2. The Morgan fingerprint density at radius 1 is 0.829 bits per heavy atom. The zero-order valence-corrected chi connectivity index (χ0v) is 25.6. The van der Waals surface area contributed by atoms with E-state index in [1.807, 2.05) is 68.4 Å². The highest BCUT2D eigenvalue weighted by molar-refractivity contribution is 6.42. The lowest BCUT2D eigenvalue weighted by Gasteiger charge is -2.32. The van der Waals surface area contributed by atoms with Gasteiger partial charge in [0.2, 0.25) is 11.8 Å². The molecule has 0 aliphatic rings. The van der Waals surface area contributed by atoms with Crippen LogP contribution in [-0.2, 0) is 29.0 Å². The van der Waals surface area contributed by atoms with Gasteiger partial charge < -0.3 is 19.7 Å². The van der Waals surface area contributed by atoms with E-state index in [0.29, 0.717) is 54.1 Å². The highest BCUT2D eigenvalue weighted by atomic mass is 35.5. The number of aryl methyl sites for hydroxylation is 1. The Morgan fingerprint density at radius 3 is 2.22 bits per heavy atom. The van der Waals surface area contributed by atoms with Crippen molar-refractivity contribution in [2.45, 2.75) is 65.5 Å². The number of ether oxygens (including phenoxy) is 2. The lowest BCUT2D eigenvalue weighted by molar-refractivity contribution is -0.141. The Labute approximate surface area is 253 Å². The Balaban J connectivity index is 1.90. The summed E-state index contributed by atoms with van der Waals surface area (Å²) in [7, 11) is 0. The molecule has 220 valence electrons. The fourth-order valence-corrected chi connectivity index (χ4v) is 4.86. The maximum absolute atomic E-state index is 13.9. The van der Waals surface area contributed by atoms with E-state index in [-0.39, 0.29) is 24.8 Å². The van der Waals surface area contributed by atoms with Gasteiger partial charge in [-0.3, -0.25) is 9.59 Å². The molecule has 3 rings (SSSR count). The van der Waals surface area contributed by atoms with Crippen molar-refractivity contribution in [3.63, 3.8) is 0 Å². The molecule has 0 aliphatic heterocycles. The van der Waals surface area contributed by atoms with Gasteiger partial charge in [-0.2, -0.15) is 0 Å².